The van der Waals surface area contributed by atoms with Crippen molar-refractivity contribution in [2.24, 2.45) is 0 Å². The maximum Gasteiger partial charge on any atom is 0.145 e. The van der Waals surface area contributed by atoms with Crippen LogP contribution in [0.2, 0.25) is 0 Å². The second-order valence-electron chi connectivity index (χ2n) is 1.78. The van der Waals surface area contributed by atoms with E-state index in [-0.39, 0.29) is 0 Å². The summed E-state index contributed by atoms with van der Waals surface area (Å²) in [5.74, 6) is 1.82. The van der Waals surface area contributed by atoms with Crippen molar-refractivity contribution >= 4 is 28.5 Å². The first kappa shape index (κ1) is 6.11. The lowest BCUT2D eigenvalue weighted by atomic mass is 10.1. The molecule has 0 aromatic heterocycles. The van der Waals surface area contributed by atoms with Gasteiger partial charge >= 0.3 is 0 Å². The van der Waals surface area contributed by atoms with E-state index in [1.165, 1.54) is 0 Å². The Balaban J connectivity index is 2.31. The lowest BCUT2D eigenvalue weighted by molar-refractivity contribution is 0.487. The summed E-state index contributed by atoms with van der Waals surface area (Å²) in [6, 6.07) is 0.534. The van der Waals surface area contributed by atoms with E-state index in [9.17, 15) is 4.79 Å². The molecule has 1 fully saturated rings. The van der Waals surface area contributed by atoms with Crippen LogP contribution in [0.15, 0.2) is 5.70 Å². The van der Waals surface area contributed by atoms with Crippen molar-refractivity contribution in [2.45, 2.75) is 12.5 Å². The lowest BCUT2D eigenvalue weighted by Crippen LogP contribution is -2.42. The van der Waals surface area contributed by atoms with Gasteiger partial charge in [0.25, 0.3) is 0 Å². The topological polar surface area (TPSA) is 29.1 Å². The molecular weight excluding hydrogens is 217 g/mol. The smallest absolute Gasteiger partial charge is 0.145 e. The molecule has 0 saturated carbocycles. The third-order valence-corrected chi connectivity index (χ3v) is 2.20. The summed E-state index contributed by atoms with van der Waals surface area (Å²) in [5.41, 5.74) is 0.728. The number of hydrogen-bond donors (Lipinski definition) is 1. The van der Waals surface area contributed by atoms with Gasteiger partial charge in [0.2, 0.25) is 0 Å². The molecule has 1 aliphatic heterocycles. The van der Waals surface area contributed by atoms with Crippen LogP contribution in [0.4, 0.5) is 0 Å². The molecule has 0 amide bonds. The second-order valence-corrected chi connectivity index (χ2v) is 2.66. The largest absolute Gasteiger partial charge is 0.375 e. The molecule has 8 heavy (non-hydrogen) atoms. The predicted molar refractivity (Wildman–Crippen MR) is 39.6 cm³/mol. The Hall–Kier alpha value is -0.0200. The number of hydrogen-bond acceptors (Lipinski definition) is 2. The van der Waals surface area contributed by atoms with E-state index in [1.807, 2.05) is 5.94 Å². The molecule has 3 heteroatoms. The summed E-state index contributed by atoms with van der Waals surface area (Å²) in [5, 5.41) is 2.96. The minimum Gasteiger partial charge on any atom is -0.375 e. The van der Waals surface area contributed by atoms with E-state index in [4.69, 9.17) is 0 Å². The fourth-order valence-corrected chi connectivity index (χ4v) is 1.17. The molecule has 0 bridgehead atoms. The monoisotopic (exact) mass is 223 g/mol. The van der Waals surface area contributed by atoms with Gasteiger partial charge in [-0.3, -0.25) is 0 Å². The zero-order valence-electron chi connectivity index (χ0n) is 4.28. The summed E-state index contributed by atoms with van der Waals surface area (Å²) in [7, 11) is 0. The third-order valence-electron chi connectivity index (χ3n) is 1.14. The molecule has 1 aliphatic rings. The highest BCUT2D eigenvalue weighted by Crippen LogP contribution is 2.13. The molecule has 0 aliphatic carbocycles. The van der Waals surface area contributed by atoms with Gasteiger partial charge in [-0.15, -0.1) is 0 Å². The Bertz CT molecular complexity index is 131. The first-order chi connectivity index (χ1) is 3.86. The highest BCUT2D eigenvalue weighted by molar-refractivity contribution is 14.1. The van der Waals surface area contributed by atoms with Crippen molar-refractivity contribution in [1.29, 1.82) is 0 Å². The minimum absolute atomic E-state index is 0.534. The van der Waals surface area contributed by atoms with Crippen LogP contribution in [-0.2, 0) is 4.79 Å². The van der Waals surface area contributed by atoms with Gasteiger partial charge in [-0.2, -0.15) is 0 Å². The quantitative estimate of drug-likeness (QED) is 0.398. The SMILES string of the molecule is O=C=C1CC(CI)N1. The van der Waals surface area contributed by atoms with E-state index in [2.05, 4.69) is 27.9 Å². The molecular formula is C5H6INO. The first-order valence-electron chi connectivity index (χ1n) is 2.43. The highest BCUT2D eigenvalue weighted by Gasteiger charge is 2.20. The highest BCUT2D eigenvalue weighted by atomic mass is 127. The van der Waals surface area contributed by atoms with Crippen molar-refractivity contribution in [3.8, 4) is 0 Å². The molecule has 1 heterocycles. The zero-order chi connectivity index (χ0) is 5.98. The van der Waals surface area contributed by atoms with Crippen LogP contribution < -0.4 is 5.32 Å². The molecule has 2 nitrogen and oxygen atoms in total. The van der Waals surface area contributed by atoms with Gasteiger partial charge in [0, 0.05) is 16.9 Å². The molecule has 1 rings (SSSR count). The van der Waals surface area contributed by atoms with Crippen LogP contribution in [0.5, 0.6) is 0 Å². The third kappa shape index (κ3) is 1.03. The van der Waals surface area contributed by atoms with Crippen molar-refractivity contribution in [3.05, 3.63) is 5.70 Å². The molecule has 44 valence electrons. The first-order valence-corrected chi connectivity index (χ1v) is 3.96. The Labute approximate surface area is 61.5 Å². The molecule has 1 N–H and O–H groups in total. The Morgan fingerprint density at radius 2 is 2.62 bits per heavy atom. The Morgan fingerprint density at radius 1 is 2.00 bits per heavy atom. The van der Waals surface area contributed by atoms with E-state index < -0.39 is 0 Å². The Kier molecular flexibility index (Phi) is 1.91. The summed E-state index contributed by atoms with van der Waals surface area (Å²) in [6.07, 6.45) is 0.895. The summed E-state index contributed by atoms with van der Waals surface area (Å²) < 4.78 is 1.07. The number of rotatable bonds is 1. The van der Waals surface area contributed by atoms with Crippen LogP contribution in [0.3, 0.4) is 0 Å². The van der Waals surface area contributed by atoms with Gasteiger partial charge in [-0.05, 0) is 0 Å². The van der Waals surface area contributed by atoms with Crippen molar-refractivity contribution < 1.29 is 4.79 Å². The lowest BCUT2D eigenvalue weighted by Gasteiger charge is -2.27. The van der Waals surface area contributed by atoms with Crippen LogP contribution in [0.1, 0.15) is 6.42 Å². The van der Waals surface area contributed by atoms with Gasteiger partial charge in [0.05, 0.1) is 5.70 Å². The van der Waals surface area contributed by atoms with Gasteiger partial charge in [0.1, 0.15) is 5.94 Å². The van der Waals surface area contributed by atoms with Crippen LogP contribution in [0.25, 0.3) is 0 Å². The standard InChI is InChI=1S/C5H6INO/c6-2-4-1-5(3-8)7-4/h4,7H,1-2H2. The number of alkyl halides is 1. The minimum atomic E-state index is 0.534. The average molecular weight is 223 g/mol. The molecule has 0 spiro atoms. The van der Waals surface area contributed by atoms with E-state index in [0.29, 0.717) is 6.04 Å². The summed E-state index contributed by atoms with van der Waals surface area (Å²) in [6.45, 7) is 0. The molecule has 1 saturated heterocycles. The maximum atomic E-state index is 9.82. The van der Waals surface area contributed by atoms with Crippen molar-refractivity contribution in [2.75, 3.05) is 4.43 Å². The summed E-state index contributed by atoms with van der Waals surface area (Å²) >= 11 is 2.29. The van der Waals surface area contributed by atoms with Gasteiger partial charge in [0.15, 0.2) is 0 Å². The number of carbonyl (C=O) groups excluding carboxylic acids is 1. The predicted octanol–water partition coefficient (Wildman–Crippen LogP) is 0.499. The zero-order valence-corrected chi connectivity index (χ0v) is 6.44. The fourth-order valence-electron chi connectivity index (χ4n) is 0.636. The molecule has 1 unspecified atom stereocenters. The average Bonchev–Trinajstić information content (AvgIpc) is 1.65. The molecule has 0 aromatic rings. The van der Waals surface area contributed by atoms with Crippen LogP contribution in [0, 0.1) is 0 Å². The van der Waals surface area contributed by atoms with Gasteiger partial charge < -0.3 is 5.32 Å². The number of halogens is 1. The molecule has 0 radical (unpaired) electrons. The molecule has 0 aromatic carbocycles. The van der Waals surface area contributed by atoms with E-state index >= 15 is 0 Å². The van der Waals surface area contributed by atoms with Crippen LogP contribution >= 0.6 is 22.6 Å². The van der Waals surface area contributed by atoms with E-state index in [1.54, 1.807) is 0 Å². The summed E-state index contributed by atoms with van der Waals surface area (Å²) in [4.78, 5) is 9.82. The fraction of sp³-hybridized carbons (Fsp3) is 0.600. The van der Waals surface area contributed by atoms with Gasteiger partial charge in [-0.1, -0.05) is 22.6 Å². The van der Waals surface area contributed by atoms with Crippen LogP contribution in [-0.4, -0.2) is 16.4 Å². The maximum absolute atomic E-state index is 9.82. The second kappa shape index (κ2) is 2.51. The van der Waals surface area contributed by atoms with Crippen molar-refractivity contribution in [3.63, 3.8) is 0 Å². The van der Waals surface area contributed by atoms with Gasteiger partial charge in [-0.25, -0.2) is 4.79 Å². The Morgan fingerprint density at radius 3 is 3.00 bits per heavy atom. The number of nitrogens with one attached hydrogen (secondary N) is 1. The molecule has 1 atom stereocenters. The van der Waals surface area contributed by atoms with E-state index in [0.717, 1.165) is 16.5 Å². The normalized spacial score (nSPS) is 25.6. The van der Waals surface area contributed by atoms with Crippen molar-refractivity contribution in [1.82, 2.24) is 5.32 Å².